The van der Waals surface area contributed by atoms with Gasteiger partial charge in [0.2, 0.25) is 0 Å². The molecule has 1 aliphatic heterocycles. The number of unbranched alkanes of at least 4 members (excludes halogenated alkanes) is 8. The molecule has 0 aliphatic carbocycles. The fourth-order valence-electron chi connectivity index (χ4n) is 2.39. The van der Waals surface area contributed by atoms with Crippen LogP contribution in [0.3, 0.4) is 0 Å². The van der Waals surface area contributed by atoms with Crippen LogP contribution >= 0.6 is 0 Å². The van der Waals surface area contributed by atoms with Gasteiger partial charge >= 0.3 is 5.97 Å². The van der Waals surface area contributed by atoms with Crippen molar-refractivity contribution in [3.05, 3.63) is 25.2 Å². The van der Waals surface area contributed by atoms with Gasteiger partial charge in [-0.2, -0.15) is 0 Å². The van der Waals surface area contributed by atoms with Crippen LogP contribution in [0.15, 0.2) is 25.2 Å². The van der Waals surface area contributed by atoms with Gasteiger partial charge in [-0.05, 0) is 19.5 Å². The average Bonchev–Trinajstić information content (AvgIpc) is 3.02. The second kappa shape index (κ2) is 15.4. The van der Waals surface area contributed by atoms with Crippen molar-refractivity contribution in [1.82, 2.24) is 9.80 Å². The Morgan fingerprint density at radius 2 is 1.61 bits per heavy atom. The van der Waals surface area contributed by atoms with Crippen molar-refractivity contribution in [2.75, 3.05) is 13.2 Å². The Hall–Kier alpha value is -1.45. The summed E-state index contributed by atoms with van der Waals surface area (Å²) in [7, 11) is 0. The fraction of sp³-hybridized carbons (Fsp3) is 0.737. The number of rotatable bonds is 12. The van der Waals surface area contributed by atoms with E-state index in [1.54, 1.807) is 0 Å². The van der Waals surface area contributed by atoms with E-state index in [0.29, 0.717) is 6.42 Å². The van der Waals surface area contributed by atoms with Crippen molar-refractivity contribution in [1.29, 1.82) is 0 Å². The first kappa shape index (κ1) is 21.6. The third-order valence-electron chi connectivity index (χ3n) is 3.95. The van der Waals surface area contributed by atoms with Crippen molar-refractivity contribution in [2.24, 2.45) is 0 Å². The van der Waals surface area contributed by atoms with Gasteiger partial charge in [-0.15, -0.1) is 0 Å². The number of hydrogen-bond acceptors (Lipinski definition) is 3. The molecule has 0 saturated carbocycles. The highest BCUT2D eigenvalue weighted by molar-refractivity contribution is 5.66. The smallest absolute Gasteiger partial charge is 0.303 e. The number of nitrogens with zero attached hydrogens (tertiary/aromatic N) is 2. The van der Waals surface area contributed by atoms with Gasteiger partial charge in [0, 0.05) is 25.4 Å². The fourth-order valence-corrected chi connectivity index (χ4v) is 2.39. The highest BCUT2D eigenvalue weighted by atomic mass is 16.4. The van der Waals surface area contributed by atoms with Gasteiger partial charge in [0.25, 0.3) is 0 Å². The van der Waals surface area contributed by atoms with E-state index < -0.39 is 5.97 Å². The summed E-state index contributed by atoms with van der Waals surface area (Å²) in [5, 5.41) is 8.41. The molecule has 0 atom stereocenters. The zero-order valence-corrected chi connectivity index (χ0v) is 15.2. The van der Waals surface area contributed by atoms with Gasteiger partial charge in [-0.3, -0.25) is 4.79 Å². The van der Waals surface area contributed by atoms with Crippen LogP contribution in [0.5, 0.6) is 0 Å². The predicted molar refractivity (Wildman–Crippen MR) is 97.9 cm³/mol. The first-order valence-electron chi connectivity index (χ1n) is 9.16. The molecule has 0 unspecified atom stereocenters. The minimum atomic E-state index is -0.659. The van der Waals surface area contributed by atoms with E-state index in [1.165, 1.54) is 44.9 Å². The molecule has 0 spiro atoms. The third kappa shape index (κ3) is 13.9. The van der Waals surface area contributed by atoms with E-state index in [4.69, 9.17) is 5.11 Å². The molecule has 1 rings (SSSR count). The van der Waals surface area contributed by atoms with E-state index in [-0.39, 0.29) is 0 Å². The predicted octanol–water partition coefficient (Wildman–Crippen LogP) is 5.19. The Morgan fingerprint density at radius 1 is 1.04 bits per heavy atom. The number of carboxylic acid groups (broad SMARTS) is 1. The van der Waals surface area contributed by atoms with Crippen LogP contribution in [-0.4, -0.2) is 34.1 Å². The largest absolute Gasteiger partial charge is 0.481 e. The lowest BCUT2D eigenvalue weighted by atomic mass is 10.1. The molecule has 0 aromatic rings. The molecule has 1 aliphatic rings. The van der Waals surface area contributed by atoms with Crippen LogP contribution in [0.4, 0.5) is 0 Å². The summed E-state index contributed by atoms with van der Waals surface area (Å²) < 4.78 is 0. The zero-order valence-electron chi connectivity index (χ0n) is 15.2. The summed E-state index contributed by atoms with van der Waals surface area (Å²) in [6.45, 7) is 10.1. The average molecular weight is 325 g/mol. The topological polar surface area (TPSA) is 43.8 Å². The van der Waals surface area contributed by atoms with Gasteiger partial charge in [-0.1, -0.05) is 64.9 Å². The standard InChI is InChI=1S/C12H24O2.C7H12N2/c1-2-3-4-5-6-7-8-9-10-11-12(13)14;1-3-8-5-6-9(4-2)7-8/h2-11H2,1H3,(H,13,14);3,5-6H,1,4,7H2,2H3. The third-order valence-corrected chi connectivity index (χ3v) is 3.95. The van der Waals surface area contributed by atoms with Crippen molar-refractivity contribution >= 4 is 5.97 Å². The Kier molecular flexibility index (Phi) is 14.5. The van der Waals surface area contributed by atoms with Crippen LogP contribution < -0.4 is 0 Å². The minimum Gasteiger partial charge on any atom is -0.481 e. The summed E-state index contributed by atoms with van der Waals surface area (Å²) in [5.74, 6) is -0.659. The van der Waals surface area contributed by atoms with Gasteiger partial charge in [0.05, 0.1) is 6.67 Å². The maximum Gasteiger partial charge on any atom is 0.303 e. The molecule has 0 fully saturated rings. The van der Waals surface area contributed by atoms with Crippen LogP contribution in [0, 0.1) is 0 Å². The summed E-state index contributed by atoms with van der Waals surface area (Å²) >= 11 is 0. The molecule has 1 N–H and O–H groups in total. The van der Waals surface area contributed by atoms with Crippen molar-refractivity contribution in [2.45, 2.75) is 78.1 Å². The van der Waals surface area contributed by atoms with Crippen LogP contribution in [0.1, 0.15) is 78.1 Å². The summed E-state index contributed by atoms with van der Waals surface area (Å²) in [6.07, 6.45) is 17.4. The van der Waals surface area contributed by atoms with Crippen LogP contribution in [0.2, 0.25) is 0 Å². The van der Waals surface area contributed by atoms with E-state index in [0.717, 1.165) is 26.1 Å². The van der Waals surface area contributed by atoms with Crippen molar-refractivity contribution < 1.29 is 9.90 Å². The van der Waals surface area contributed by atoms with Crippen molar-refractivity contribution in [3.8, 4) is 0 Å². The van der Waals surface area contributed by atoms with E-state index in [9.17, 15) is 4.79 Å². The van der Waals surface area contributed by atoms with Crippen molar-refractivity contribution in [3.63, 3.8) is 0 Å². The maximum atomic E-state index is 10.2. The monoisotopic (exact) mass is 324 g/mol. The second-order valence-corrected chi connectivity index (χ2v) is 6.01. The molecule has 0 aromatic heterocycles. The summed E-state index contributed by atoms with van der Waals surface area (Å²) in [6, 6.07) is 0. The lowest BCUT2D eigenvalue weighted by Gasteiger charge is -2.15. The molecule has 134 valence electrons. The van der Waals surface area contributed by atoms with Gasteiger partial charge < -0.3 is 14.9 Å². The Morgan fingerprint density at radius 3 is 2.00 bits per heavy atom. The normalized spacial score (nSPS) is 13.0. The van der Waals surface area contributed by atoms with Crippen LogP contribution in [-0.2, 0) is 4.79 Å². The van der Waals surface area contributed by atoms with Gasteiger partial charge in [0.1, 0.15) is 0 Å². The second-order valence-electron chi connectivity index (χ2n) is 6.01. The first-order chi connectivity index (χ1) is 11.1. The molecule has 23 heavy (non-hydrogen) atoms. The molecule has 0 radical (unpaired) electrons. The lowest BCUT2D eigenvalue weighted by molar-refractivity contribution is -0.137. The van der Waals surface area contributed by atoms with E-state index >= 15 is 0 Å². The maximum absolute atomic E-state index is 10.2. The SMILES string of the molecule is C=CN1C=CN(CC)C1.CCCCCCCCCCCC(=O)O. The quantitative estimate of drug-likeness (QED) is 0.502. The molecule has 0 amide bonds. The molecule has 4 nitrogen and oxygen atoms in total. The molecular weight excluding hydrogens is 288 g/mol. The first-order valence-corrected chi connectivity index (χ1v) is 9.16. The zero-order chi connectivity index (χ0) is 17.3. The highest BCUT2D eigenvalue weighted by Gasteiger charge is 2.05. The summed E-state index contributed by atoms with van der Waals surface area (Å²) in [5.41, 5.74) is 0. The molecule has 1 heterocycles. The minimum absolute atomic E-state index is 0.343. The van der Waals surface area contributed by atoms with Crippen LogP contribution in [0.25, 0.3) is 0 Å². The Balaban J connectivity index is 0.000000459. The number of carboxylic acids is 1. The Labute approximate surface area is 142 Å². The highest BCUT2D eigenvalue weighted by Crippen LogP contribution is 2.10. The van der Waals surface area contributed by atoms with E-state index in [1.807, 2.05) is 17.3 Å². The van der Waals surface area contributed by atoms with E-state index in [2.05, 4.69) is 31.5 Å². The number of hydrogen-bond donors (Lipinski definition) is 1. The molecule has 4 heteroatoms. The molecule has 0 bridgehead atoms. The molecule has 0 saturated heterocycles. The lowest BCUT2D eigenvalue weighted by Crippen LogP contribution is -2.20. The Bertz CT molecular complexity index is 329. The number of carbonyl (C=O) groups is 1. The molecular formula is C19H36N2O2. The summed E-state index contributed by atoms with van der Waals surface area (Å²) in [4.78, 5) is 14.5. The number of aliphatic carboxylic acids is 1. The van der Waals surface area contributed by atoms with Gasteiger partial charge in [-0.25, -0.2) is 0 Å². The molecule has 0 aromatic carbocycles. The van der Waals surface area contributed by atoms with Gasteiger partial charge in [0.15, 0.2) is 0 Å².